The van der Waals surface area contributed by atoms with E-state index in [2.05, 4.69) is 51.0 Å². The van der Waals surface area contributed by atoms with Crippen molar-refractivity contribution in [2.45, 2.75) is 46.1 Å². The molecule has 1 aliphatic carbocycles. The summed E-state index contributed by atoms with van der Waals surface area (Å²) in [7, 11) is 1.79. The fraction of sp³-hybridized carbons (Fsp3) is 0.667. The molecule has 3 N–H and O–H groups in total. The molecule has 2 rings (SSSR count). The van der Waals surface area contributed by atoms with Crippen LogP contribution in [0, 0.1) is 18.8 Å². The maximum atomic E-state index is 12.2. The number of nitrogens with zero attached hydrogens (tertiary/aromatic N) is 2. The van der Waals surface area contributed by atoms with E-state index in [0.29, 0.717) is 33.2 Å². The summed E-state index contributed by atoms with van der Waals surface area (Å²) in [6.45, 7) is 6.41. The van der Waals surface area contributed by atoms with Gasteiger partial charge in [-0.3, -0.25) is 20.3 Å². The molecule has 8 heteroatoms. The first-order chi connectivity index (χ1) is 10.8. The van der Waals surface area contributed by atoms with Gasteiger partial charge in [-0.25, -0.2) is 0 Å². The van der Waals surface area contributed by atoms with Crippen LogP contribution in [0.1, 0.15) is 49.3 Å². The lowest BCUT2D eigenvalue weighted by Gasteiger charge is -2.35. The smallest absolute Gasteiger partial charge is 0.291 e. The molecule has 1 fully saturated rings. The summed E-state index contributed by atoms with van der Waals surface area (Å²) in [6.07, 6.45) is 3.58. The topological polar surface area (TPSA) is 71.0 Å². The molecule has 0 spiro atoms. The first kappa shape index (κ1) is 18.2. The Morgan fingerprint density at radius 3 is 2.65 bits per heavy atom. The van der Waals surface area contributed by atoms with Crippen molar-refractivity contribution in [3.05, 3.63) is 15.9 Å². The van der Waals surface area contributed by atoms with Crippen LogP contribution in [0.4, 0.5) is 0 Å². The van der Waals surface area contributed by atoms with E-state index >= 15 is 0 Å². The summed E-state index contributed by atoms with van der Waals surface area (Å²) in [5.41, 5.74) is 6.59. The van der Waals surface area contributed by atoms with Crippen molar-refractivity contribution in [1.29, 1.82) is 0 Å². The van der Waals surface area contributed by atoms with E-state index in [9.17, 15) is 4.79 Å². The Hall–Kier alpha value is -1.15. The van der Waals surface area contributed by atoms with Crippen LogP contribution < -0.4 is 16.2 Å². The van der Waals surface area contributed by atoms with Crippen LogP contribution in [-0.4, -0.2) is 26.8 Å². The van der Waals surface area contributed by atoms with Gasteiger partial charge in [0, 0.05) is 13.1 Å². The third-order valence-corrected chi connectivity index (χ3v) is 5.96. The zero-order chi connectivity index (χ0) is 17.1. The second kappa shape index (κ2) is 7.61. The SMILES string of the molecule is Cc1c(Br)c(C(=O)NNC(=S)N[C@@H]2CCC[C@@H](C)[C@H]2C)nn1C. The second-order valence-electron chi connectivity index (χ2n) is 6.30. The van der Waals surface area contributed by atoms with E-state index in [1.807, 2.05) is 6.92 Å². The molecule has 1 aromatic rings. The van der Waals surface area contributed by atoms with Gasteiger partial charge in [0.25, 0.3) is 5.91 Å². The molecule has 1 aromatic heterocycles. The highest BCUT2D eigenvalue weighted by atomic mass is 79.9. The number of thiocarbonyl (C=S) groups is 1. The average molecular weight is 402 g/mol. The monoisotopic (exact) mass is 401 g/mol. The average Bonchev–Trinajstić information content (AvgIpc) is 2.77. The van der Waals surface area contributed by atoms with Crippen LogP contribution in [-0.2, 0) is 7.05 Å². The van der Waals surface area contributed by atoms with Crippen LogP contribution in [0.2, 0.25) is 0 Å². The highest BCUT2D eigenvalue weighted by Crippen LogP contribution is 2.29. The zero-order valence-electron chi connectivity index (χ0n) is 13.9. The largest absolute Gasteiger partial charge is 0.358 e. The molecular formula is C15H24BrN5OS. The third-order valence-electron chi connectivity index (χ3n) is 4.79. The Morgan fingerprint density at radius 1 is 1.35 bits per heavy atom. The predicted octanol–water partition coefficient (Wildman–Crippen LogP) is 2.42. The van der Waals surface area contributed by atoms with Crippen LogP contribution in [0.15, 0.2) is 4.47 Å². The van der Waals surface area contributed by atoms with Crippen molar-refractivity contribution >= 4 is 39.2 Å². The van der Waals surface area contributed by atoms with Crippen molar-refractivity contribution < 1.29 is 4.79 Å². The lowest BCUT2D eigenvalue weighted by atomic mass is 9.78. The van der Waals surface area contributed by atoms with E-state index < -0.39 is 0 Å². The highest BCUT2D eigenvalue weighted by molar-refractivity contribution is 9.10. The van der Waals surface area contributed by atoms with Gasteiger partial charge in [-0.1, -0.05) is 26.7 Å². The van der Waals surface area contributed by atoms with E-state index in [0.717, 1.165) is 12.1 Å². The molecule has 0 bridgehead atoms. The van der Waals surface area contributed by atoms with Crippen LogP contribution in [0.25, 0.3) is 0 Å². The van der Waals surface area contributed by atoms with Crippen molar-refractivity contribution in [3.63, 3.8) is 0 Å². The van der Waals surface area contributed by atoms with Gasteiger partial charge < -0.3 is 5.32 Å². The molecular weight excluding hydrogens is 378 g/mol. The molecule has 0 unspecified atom stereocenters. The van der Waals surface area contributed by atoms with Crippen LogP contribution >= 0.6 is 28.1 Å². The molecule has 1 heterocycles. The molecule has 1 saturated carbocycles. The first-order valence-electron chi connectivity index (χ1n) is 7.87. The van der Waals surface area contributed by atoms with Crippen molar-refractivity contribution in [2.24, 2.45) is 18.9 Å². The molecule has 6 nitrogen and oxygen atoms in total. The standard InChI is InChI=1S/C15H24BrN5OS/c1-8-6-5-7-11(9(8)2)17-15(23)19-18-14(22)13-12(16)10(3)21(4)20-13/h8-9,11H,5-7H2,1-4H3,(H,18,22)(H2,17,19,23)/t8-,9-,11-/m1/s1. The highest BCUT2D eigenvalue weighted by Gasteiger charge is 2.27. The van der Waals surface area contributed by atoms with E-state index in [-0.39, 0.29) is 5.91 Å². The molecule has 0 saturated heterocycles. The fourth-order valence-corrected chi connectivity index (χ4v) is 3.61. The van der Waals surface area contributed by atoms with E-state index in [1.54, 1.807) is 11.7 Å². The summed E-state index contributed by atoms with van der Waals surface area (Å²) in [5.74, 6) is 0.924. The zero-order valence-corrected chi connectivity index (χ0v) is 16.3. The van der Waals surface area contributed by atoms with Crippen LogP contribution in [0.3, 0.4) is 0 Å². The molecule has 0 aliphatic heterocycles. The Labute approximate surface area is 150 Å². The summed E-state index contributed by atoms with van der Waals surface area (Å²) in [6, 6.07) is 0.347. The van der Waals surface area contributed by atoms with Crippen molar-refractivity contribution in [1.82, 2.24) is 25.9 Å². The summed E-state index contributed by atoms with van der Waals surface area (Å²) in [4.78, 5) is 12.2. The minimum atomic E-state index is -0.324. The summed E-state index contributed by atoms with van der Waals surface area (Å²) < 4.78 is 2.34. The van der Waals surface area contributed by atoms with Gasteiger partial charge in [-0.15, -0.1) is 0 Å². The lowest BCUT2D eigenvalue weighted by Crippen LogP contribution is -2.52. The number of aryl methyl sites for hydroxylation is 1. The minimum Gasteiger partial charge on any atom is -0.358 e. The van der Waals surface area contributed by atoms with Gasteiger partial charge in [0.05, 0.1) is 10.2 Å². The number of hydrogen-bond donors (Lipinski definition) is 3. The van der Waals surface area contributed by atoms with E-state index in [4.69, 9.17) is 12.2 Å². The number of rotatable bonds is 2. The van der Waals surface area contributed by atoms with Gasteiger partial charge in [0.1, 0.15) is 0 Å². The van der Waals surface area contributed by atoms with Crippen molar-refractivity contribution in [3.8, 4) is 0 Å². The molecule has 1 amide bonds. The van der Waals surface area contributed by atoms with Gasteiger partial charge in [-0.2, -0.15) is 5.10 Å². The molecule has 128 valence electrons. The Bertz CT molecular complexity index is 603. The van der Waals surface area contributed by atoms with Crippen molar-refractivity contribution in [2.75, 3.05) is 0 Å². The molecule has 0 radical (unpaired) electrons. The minimum absolute atomic E-state index is 0.324. The lowest BCUT2D eigenvalue weighted by molar-refractivity contribution is 0.0936. The maximum Gasteiger partial charge on any atom is 0.291 e. The Kier molecular flexibility index (Phi) is 6.02. The number of carbonyl (C=O) groups is 1. The number of nitrogens with one attached hydrogen (secondary N) is 3. The fourth-order valence-electron chi connectivity index (χ4n) is 2.89. The second-order valence-corrected chi connectivity index (χ2v) is 7.50. The Balaban J connectivity index is 1.86. The number of aromatic nitrogens is 2. The van der Waals surface area contributed by atoms with E-state index in [1.165, 1.54) is 12.8 Å². The first-order valence-corrected chi connectivity index (χ1v) is 9.07. The summed E-state index contributed by atoms with van der Waals surface area (Å²) >= 11 is 8.67. The Morgan fingerprint density at radius 2 is 2.04 bits per heavy atom. The molecule has 0 aromatic carbocycles. The number of halogens is 1. The molecule has 1 aliphatic rings. The van der Waals surface area contributed by atoms with Gasteiger partial charge in [0.15, 0.2) is 10.8 Å². The van der Waals surface area contributed by atoms with Gasteiger partial charge >= 0.3 is 0 Å². The quantitative estimate of drug-likeness (QED) is 0.524. The normalized spacial score (nSPS) is 24.1. The third kappa shape index (κ3) is 4.23. The number of carbonyl (C=O) groups excluding carboxylic acids is 1. The summed E-state index contributed by atoms with van der Waals surface area (Å²) in [5, 5.41) is 7.92. The maximum absolute atomic E-state index is 12.2. The number of hydrogen-bond acceptors (Lipinski definition) is 3. The molecule has 23 heavy (non-hydrogen) atoms. The van der Waals surface area contributed by atoms with Gasteiger partial charge in [0.2, 0.25) is 0 Å². The predicted molar refractivity (Wildman–Crippen MR) is 97.9 cm³/mol. The number of amides is 1. The molecule has 3 atom stereocenters. The number of hydrazine groups is 1. The van der Waals surface area contributed by atoms with Gasteiger partial charge in [-0.05, 0) is 53.3 Å². The van der Waals surface area contributed by atoms with Crippen LogP contribution in [0.5, 0.6) is 0 Å².